The van der Waals surface area contributed by atoms with E-state index >= 15 is 0 Å². The standard InChI is InChI=1S/C6H12N2/c1-4-5-6-7-8(2)3/h4,6H,1,5H2,2-3H3/b7-6+. The lowest BCUT2D eigenvalue weighted by atomic mass is 10.5. The van der Waals surface area contributed by atoms with Crippen molar-refractivity contribution in [1.29, 1.82) is 0 Å². The fraction of sp³-hybridized carbons (Fsp3) is 0.500. The maximum atomic E-state index is 3.95. The molecule has 0 atom stereocenters. The molecule has 0 bridgehead atoms. The van der Waals surface area contributed by atoms with E-state index in [1.54, 1.807) is 5.01 Å². The van der Waals surface area contributed by atoms with Crippen LogP contribution in [0.2, 0.25) is 0 Å². The van der Waals surface area contributed by atoms with Gasteiger partial charge in [0.15, 0.2) is 0 Å². The summed E-state index contributed by atoms with van der Waals surface area (Å²) in [6.45, 7) is 3.55. The van der Waals surface area contributed by atoms with Crippen LogP contribution < -0.4 is 0 Å². The summed E-state index contributed by atoms with van der Waals surface area (Å²) in [5, 5.41) is 5.70. The van der Waals surface area contributed by atoms with E-state index < -0.39 is 0 Å². The van der Waals surface area contributed by atoms with E-state index in [4.69, 9.17) is 0 Å². The predicted octanol–water partition coefficient (Wildman–Crippen LogP) is 1.11. The molecule has 0 radical (unpaired) electrons. The molecule has 2 nitrogen and oxygen atoms in total. The van der Waals surface area contributed by atoms with E-state index in [0.29, 0.717) is 0 Å². The van der Waals surface area contributed by atoms with Gasteiger partial charge in [-0.3, -0.25) is 0 Å². The fourth-order valence-corrected chi connectivity index (χ4v) is 0.285. The number of hydrazone groups is 1. The Labute approximate surface area is 50.5 Å². The zero-order valence-corrected chi connectivity index (χ0v) is 5.46. The van der Waals surface area contributed by atoms with E-state index in [1.165, 1.54) is 0 Å². The number of allylic oxidation sites excluding steroid dienone is 1. The van der Waals surface area contributed by atoms with E-state index in [1.807, 2.05) is 26.4 Å². The highest BCUT2D eigenvalue weighted by molar-refractivity contribution is 5.58. The Morgan fingerprint density at radius 3 is 2.62 bits per heavy atom. The predicted molar refractivity (Wildman–Crippen MR) is 37.0 cm³/mol. The molecule has 0 aliphatic rings. The lowest BCUT2D eigenvalue weighted by Crippen LogP contribution is -2.00. The highest BCUT2D eigenvalue weighted by Crippen LogP contribution is 1.75. The second-order valence-electron chi connectivity index (χ2n) is 1.67. The van der Waals surface area contributed by atoms with Gasteiger partial charge in [0.2, 0.25) is 0 Å². The van der Waals surface area contributed by atoms with E-state index in [9.17, 15) is 0 Å². The molecule has 0 N–H and O–H groups in total. The number of rotatable bonds is 3. The minimum Gasteiger partial charge on any atom is -0.303 e. The molecule has 8 heavy (non-hydrogen) atoms. The number of nitrogens with zero attached hydrogens (tertiary/aromatic N) is 2. The van der Waals surface area contributed by atoms with Gasteiger partial charge in [0.1, 0.15) is 0 Å². The quantitative estimate of drug-likeness (QED) is 0.303. The van der Waals surface area contributed by atoms with Crippen LogP contribution in [0, 0.1) is 0 Å². The minimum absolute atomic E-state index is 0.845. The third-order valence-corrected chi connectivity index (χ3v) is 0.585. The maximum absolute atomic E-state index is 3.95. The summed E-state index contributed by atoms with van der Waals surface area (Å²) in [5.41, 5.74) is 0. The van der Waals surface area contributed by atoms with Crippen molar-refractivity contribution in [3.05, 3.63) is 12.7 Å². The van der Waals surface area contributed by atoms with Crippen molar-refractivity contribution < 1.29 is 0 Å². The van der Waals surface area contributed by atoms with Crippen molar-refractivity contribution >= 4 is 6.21 Å². The molecular formula is C6H12N2. The largest absolute Gasteiger partial charge is 0.303 e. The second-order valence-corrected chi connectivity index (χ2v) is 1.67. The first kappa shape index (κ1) is 7.21. The minimum atomic E-state index is 0.845. The van der Waals surface area contributed by atoms with E-state index in [2.05, 4.69) is 11.7 Å². The van der Waals surface area contributed by atoms with Gasteiger partial charge in [-0.15, -0.1) is 6.58 Å². The summed E-state index contributed by atoms with van der Waals surface area (Å²) in [7, 11) is 3.78. The molecule has 2 heteroatoms. The van der Waals surface area contributed by atoms with Gasteiger partial charge in [-0.05, 0) is 0 Å². The molecular weight excluding hydrogens is 100 g/mol. The van der Waals surface area contributed by atoms with Crippen LogP contribution in [0.3, 0.4) is 0 Å². The third-order valence-electron chi connectivity index (χ3n) is 0.585. The van der Waals surface area contributed by atoms with Gasteiger partial charge in [0.05, 0.1) is 0 Å². The third kappa shape index (κ3) is 5.21. The molecule has 0 aromatic heterocycles. The molecule has 0 spiro atoms. The zero-order valence-electron chi connectivity index (χ0n) is 5.46. The van der Waals surface area contributed by atoms with Crippen LogP contribution >= 0.6 is 0 Å². The lowest BCUT2D eigenvalue weighted by molar-refractivity contribution is 0.439. The highest BCUT2D eigenvalue weighted by atomic mass is 15.4. The second kappa shape index (κ2) is 4.37. The van der Waals surface area contributed by atoms with Crippen LogP contribution in [0.1, 0.15) is 6.42 Å². The number of hydrogen-bond donors (Lipinski definition) is 0. The SMILES string of the molecule is C=CC/C=N/N(C)C. The van der Waals surface area contributed by atoms with Crippen LogP contribution in [-0.2, 0) is 0 Å². The molecule has 0 saturated heterocycles. The fourth-order valence-electron chi connectivity index (χ4n) is 0.285. The first-order valence-corrected chi connectivity index (χ1v) is 2.58. The summed E-state index contributed by atoms with van der Waals surface area (Å²) in [6.07, 6.45) is 4.47. The van der Waals surface area contributed by atoms with Gasteiger partial charge in [0, 0.05) is 26.7 Å². The normalized spacial score (nSPS) is 9.75. The summed E-state index contributed by atoms with van der Waals surface area (Å²) >= 11 is 0. The maximum Gasteiger partial charge on any atom is 0.0282 e. The summed E-state index contributed by atoms with van der Waals surface area (Å²) < 4.78 is 0. The Morgan fingerprint density at radius 2 is 2.25 bits per heavy atom. The van der Waals surface area contributed by atoms with Crippen LogP contribution in [0.15, 0.2) is 17.8 Å². The monoisotopic (exact) mass is 112 g/mol. The Bertz CT molecular complexity index is 84.5. The van der Waals surface area contributed by atoms with Gasteiger partial charge >= 0.3 is 0 Å². The molecule has 0 aromatic rings. The van der Waals surface area contributed by atoms with E-state index in [-0.39, 0.29) is 0 Å². The highest BCUT2D eigenvalue weighted by Gasteiger charge is 1.71. The molecule has 0 unspecified atom stereocenters. The van der Waals surface area contributed by atoms with Gasteiger partial charge < -0.3 is 5.01 Å². The average Bonchev–Trinajstić information content (AvgIpc) is 1.66. The smallest absolute Gasteiger partial charge is 0.0282 e. The van der Waals surface area contributed by atoms with Crippen molar-refractivity contribution in [2.24, 2.45) is 5.10 Å². The average molecular weight is 112 g/mol. The molecule has 0 aromatic carbocycles. The Morgan fingerprint density at radius 1 is 1.62 bits per heavy atom. The first-order valence-electron chi connectivity index (χ1n) is 2.58. The van der Waals surface area contributed by atoms with Crippen LogP contribution in [-0.4, -0.2) is 25.3 Å². The molecule has 46 valence electrons. The molecule has 0 rings (SSSR count). The van der Waals surface area contributed by atoms with Crippen molar-refractivity contribution in [1.82, 2.24) is 5.01 Å². The topological polar surface area (TPSA) is 15.6 Å². The van der Waals surface area contributed by atoms with Gasteiger partial charge in [0.25, 0.3) is 0 Å². The first-order chi connectivity index (χ1) is 3.77. The van der Waals surface area contributed by atoms with Crippen molar-refractivity contribution in [2.45, 2.75) is 6.42 Å². The molecule has 0 amide bonds. The van der Waals surface area contributed by atoms with Gasteiger partial charge in [-0.2, -0.15) is 5.10 Å². The molecule has 0 aliphatic carbocycles. The van der Waals surface area contributed by atoms with Crippen molar-refractivity contribution in [3.63, 3.8) is 0 Å². The zero-order chi connectivity index (χ0) is 6.41. The molecule has 0 fully saturated rings. The molecule has 0 saturated carbocycles. The Kier molecular flexibility index (Phi) is 3.94. The summed E-state index contributed by atoms with van der Waals surface area (Å²) in [6, 6.07) is 0. The summed E-state index contributed by atoms with van der Waals surface area (Å²) in [5.74, 6) is 0. The lowest BCUT2D eigenvalue weighted by Gasteiger charge is -2.00. The van der Waals surface area contributed by atoms with Crippen molar-refractivity contribution in [3.8, 4) is 0 Å². The van der Waals surface area contributed by atoms with Crippen LogP contribution in [0.4, 0.5) is 0 Å². The molecule has 0 aliphatic heterocycles. The van der Waals surface area contributed by atoms with E-state index in [0.717, 1.165) is 6.42 Å². The number of hydrogen-bond acceptors (Lipinski definition) is 2. The Hall–Kier alpha value is -0.790. The summed E-state index contributed by atoms with van der Waals surface area (Å²) in [4.78, 5) is 0. The molecule has 0 heterocycles. The van der Waals surface area contributed by atoms with Gasteiger partial charge in [-0.1, -0.05) is 6.08 Å². The van der Waals surface area contributed by atoms with Crippen molar-refractivity contribution in [2.75, 3.05) is 14.1 Å². The van der Waals surface area contributed by atoms with Gasteiger partial charge in [-0.25, -0.2) is 0 Å². The van der Waals surface area contributed by atoms with Crippen LogP contribution in [0.5, 0.6) is 0 Å². The van der Waals surface area contributed by atoms with Crippen LogP contribution in [0.25, 0.3) is 0 Å². The Balaban J connectivity index is 3.19.